The lowest BCUT2D eigenvalue weighted by atomic mass is 9.99. The maximum absolute atomic E-state index is 11.6. The van der Waals surface area contributed by atoms with Crippen molar-refractivity contribution in [2.45, 2.75) is 40.2 Å². The zero-order chi connectivity index (χ0) is 40.1. The van der Waals surface area contributed by atoms with E-state index >= 15 is 0 Å². The summed E-state index contributed by atoms with van der Waals surface area (Å²) in [4.78, 5) is 46.9. The van der Waals surface area contributed by atoms with Gasteiger partial charge in [0.1, 0.15) is 11.4 Å². The number of aryl methyl sites for hydroxylation is 3. The highest BCUT2D eigenvalue weighted by Crippen LogP contribution is 2.20. The average molecular weight is 741 g/mol. The van der Waals surface area contributed by atoms with Crippen LogP contribution in [0.3, 0.4) is 0 Å². The number of hydrogen-bond acceptors (Lipinski definition) is 13. The molecule has 1 amide bonds. The summed E-state index contributed by atoms with van der Waals surface area (Å²) in [5.74, 6) is -1.06. The Morgan fingerprint density at radius 2 is 1.25 bits per heavy atom. The van der Waals surface area contributed by atoms with Crippen LogP contribution in [0.2, 0.25) is 0 Å². The number of nitrogens with zero attached hydrogens (tertiary/aromatic N) is 5. The van der Waals surface area contributed by atoms with Crippen LogP contribution in [-0.4, -0.2) is 82.8 Å². The molecule has 282 valence electrons. The number of carboxylic acid groups (broad SMARTS) is 1. The lowest BCUT2D eigenvalue weighted by Gasteiger charge is -2.22. The van der Waals surface area contributed by atoms with Crippen molar-refractivity contribution < 1.29 is 42.1 Å². The van der Waals surface area contributed by atoms with Crippen LogP contribution in [0.5, 0.6) is 0 Å². The molecule has 0 saturated carbocycles. The van der Waals surface area contributed by atoms with E-state index in [4.69, 9.17) is 10.8 Å². The molecular formula is C36H48N6O9S. The monoisotopic (exact) mass is 740 g/mol. The number of allylic oxidation sites excluding steroid dienone is 1. The van der Waals surface area contributed by atoms with Crippen LogP contribution in [0, 0.1) is 20.8 Å². The molecule has 16 heteroatoms. The second-order valence-electron chi connectivity index (χ2n) is 10.8. The van der Waals surface area contributed by atoms with Crippen molar-refractivity contribution in [1.82, 2.24) is 25.2 Å². The van der Waals surface area contributed by atoms with E-state index in [0.717, 1.165) is 39.7 Å². The molecule has 0 aliphatic heterocycles. The van der Waals surface area contributed by atoms with Crippen molar-refractivity contribution in [3.63, 3.8) is 0 Å². The number of nitrogens with two attached hydrogens (primary N) is 1. The van der Waals surface area contributed by atoms with E-state index in [2.05, 4.69) is 53.5 Å². The molecule has 4 aromatic heterocycles. The van der Waals surface area contributed by atoms with E-state index < -0.39 is 21.7 Å². The maximum Gasteiger partial charge on any atom is 0.337 e. The normalized spacial score (nSPS) is 11.2. The van der Waals surface area contributed by atoms with Gasteiger partial charge in [-0.3, -0.25) is 23.9 Å². The summed E-state index contributed by atoms with van der Waals surface area (Å²) < 4.78 is 26.2. The van der Waals surface area contributed by atoms with Gasteiger partial charge in [0.05, 0.1) is 38.2 Å². The van der Waals surface area contributed by atoms with Gasteiger partial charge in [-0.05, 0) is 82.2 Å². The van der Waals surface area contributed by atoms with Crippen LogP contribution in [0.4, 0.5) is 5.82 Å². The number of hydrogen-bond donors (Lipinski definition) is 3. The Labute approximate surface area is 305 Å². The molecule has 0 unspecified atom stereocenters. The van der Waals surface area contributed by atoms with Gasteiger partial charge in [-0.25, -0.2) is 19.5 Å². The topological polar surface area (TPSA) is 217 Å². The molecule has 0 bridgehead atoms. The van der Waals surface area contributed by atoms with Crippen molar-refractivity contribution in [2.24, 2.45) is 0 Å². The molecular weight excluding hydrogens is 692 g/mol. The molecule has 0 aromatic carbocycles. The Hall–Kier alpha value is -5.39. The first-order chi connectivity index (χ1) is 24.3. The standard InChI is InChI=1S/C10H15NO4S.C9H12N2O3.C9H11N.C6H6N2O2.C2H4/c1-8-4-5-9(6-11-8)10(2,12)7-15-16(3,13)14;1-7-4-5-8(6-10-7)9(12)11(13-2)14-3;1-7(2)9-5-4-8(3)10-6-9;7-5-2-1-4(3-8-5)6(9)10;1-2/h4-6,12H,7H2,1-3H3;4-6H,1-3H3;4-6H,1H2,2-3H3;1-3H,(H2,7,8)(H,9,10);1-2H2/t10-;;;;/m1..../s1. The minimum atomic E-state index is -3.55. The second-order valence-corrected chi connectivity index (χ2v) is 12.4. The van der Waals surface area contributed by atoms with E-state index in [0.29, 0.717) is 16.9 Å². The van der Waals surface area contributed by atoms with Gasteiger partial charge in [-0.1, -0.05) is 23.9 Å². The molecule has 4 heterocycles. The number of carboxylic acids is 1. The van der Waals surface area contributed by atoms with Crippen molar-refractivity contribution in [3.8, 4) is 0 Å². The fourth-order valence-electron chi connectivity index (χ4n) is 3.28. The summed E-state index contributed by atoms with van der Waals surface area (Å²) in [5, 5.41) is 19.2. The number of nitrogen functional groups attached to an aromatic ring is 1. The maximum atomic E-state index is 11.6. The van der Waals surface area contributed by atoms with E-state index in [1.807, 2.05) is 46.0 Å². The Kier molecular flexibility index (Phi) is 20.8. The summed E-state index contributed by atoms with van der Waals surface area (Å²) >= 11 is 0. The van der Waals surface area contributed by atoms with Crippen molar-refractivity contribution >= 4 is 33.4 Å². The lowest BCUT2D eigenvalue weighted by Crippen LogP contribution is -2.29. The van der Waals surface area contributed by atoms with Crippen LogP contribution in [0.15, 0.2) is 93.1 Å². The van der Waals surface area contributed by atoms with Gasteiger partial charge in [0.15, 0.2) is 0 Å². The predicted molar refractivity (Wildman–Crippen MR) is 199 cm³/mol. The third-order valence-electron chi connectivity index (χ3n) is 6.18. The number of aliphatic hydroxyl groups is 1. The van der Waals surface area contributed by atoms with Crippen LogP contribution >= 0.6 is 0 Å². The van der Waals surface area contributed by atoms with Gasteiger partial charge in [-0.2, -0.15) is 8.42 Å². The first-order valence-corrected chi connectivity index (χ1v) is 17.0. The van der Waals surface area contributed by atoms with Crippen molar-refractivity contribution in [3.05, 3.63) is 132 Å². The summed E-state index contributed by atoms with van der Waals surface area (Å²) in [5.41, 5.74) is 9.83. The highest BCUT2D eigenvalue weighted by molar-refractivity contribution is 7.85. The van der Waals surface area contributed by atoms with Crippen LogP contribution < -0.4 is 5.73 Å². The van der Waals surface area contributed by atoms with Gasteiger partial charge < -0.3 is 15.9 Å². The van der Waals surface area contributed by atoms with Crippen molar-refractivity contribution in [1.29, 1.82) is 0 Å². The molecule has 15 nitrogen and oxygen atoms in total. The number of carbonyl (C=O) groups excluding carboxylic acids is 1. The van der Waals surface area contributed by atoms with Crippen LogP contribution in [0.25, 0.3) is 5.57 Å². The minimum Gasteiger partial charge on any atom is -0.478 e. The number of amides is 1. The molecule has 0 spiro atoms. The zero-order valence-corrected chi connectivity index (χ0v) is 31.5. The Bertz CT molecular complexity index is 1720. The van der Waals surface area contributed by atoms with Gasteiger partial charge in [0.2, 0.25) is 0 Å². The summed E-state index contributed by atoms with van der Waals surface area (Å²) in [7, 11) is -0.853. The number of aromatic nitrogens is 4. The van der Waals surface area contributed by atoms with E-state index in [1.54, 1.807) is 24.3 Å². The minimum absolute atomic E-state index is 0.147. The Balaban J connectivity index is 0.000000668. The number of carbonyl (C=O) groups is 2. The molecule has 4 N–H and O–H groups in total. The van der Waals surface area contributed by atoms with Gasteiger partial charge >= 0.3 is 11.9 Å². The molecule has 0 aliphatic rings. The first kappa shape index (κ1) is 46.6. The zero-order valence-electron chi connectivity index (χ0n) is 30.7. The van der Waals surface area contributed by atoms with Crippen LogP contribution in [-0.2, 0) is 29.6 Å². The molecule has 1 atom stereocenters. The summed E-state index contributed by atoms with van der Waals surface area (Å²) in [6.07, 6.45) is 6.98. The molecule has 0 aliphatic carbocycles. The molecule has 0 fully saturated rings. The Morgan fingerprint density at radius 1 is 0.808 bits per heavy atom. The first-order valence-electron chi connectivity index (χ1n) is 15.2. The number of anilines is 1. The lowest BCUT2D eigenvalue weighted by molar-refractivity contribution is -0.299. The third-order valence-corrected chi connectivity index (χ3v) is 6.73. The molecule has 0 saturated heterocycles. The third kappa shape index (κ3) is 18.6. The van der Waals surface area contributed by atoms with Crippen LogP contribution in [0.1, 0.15) is 62.8 Å². The Morgan fingerprint density at radius 3 is 1.60 bits per heavy atom. The average Bonchev–Trinajstić information content (AvgIpc) is 3.10. The predicted octanol–water partition coefficient (Wildman–Crippen LogP) is 5.12. The van der Waals surface area contributed by atoms with Crippen molar-refractivity contribution in [2.75, 3.05) is 32.8 Å². The highest BCUT2D eigenvalue weighted by Gasteiger charge is 2.25. The molecule has 4 rings (SSSR count). The summed E-state index contributed by atoms with van der Waals surface area (Å²) in [6.45, 7) is 18.6. The number of pyridine rings is 4. The summed E-state index contributed by atoms with van der Waals surface area (Å²) in [6, 6.07) is 13.7. The van der Waals surface area contributed by atoms with E-state index in [1.165, 1.54) is 51.9 Å². The second kappa shape index (κ2) is 23.2. The van der Waals surface area contributed by atoms with Gasteiger partial charge in [-0.15, -0.1) is 13.2 Å². The number of aromatic carboxylic acids is 1. The van der Waals surface area contributed by atoms with Gasteiger partial charge in [0, 0.05) is 47.4 Å². The van der Waals surface area contributed by atoms with E-state index in [-0.39, 0.29) is 18.1 Å². The van der Waals surface area contributed by atoms with E-state index in [9.17, 15) is 23.1 Å². The molecule has 4 aromatic rings. The number of hydroxylamine groups is 2. The molecule has 0 radical (unpaired) electrons. The smallest absolute Gasteiger partial charge is 0.337 e. The SMILES string of the molecule is C=C.C=C(C)c1ccc(C)nc1.CON(OC)C(=O)c1ccc(C)nc1.Cc1ccc([C@](C)(O)COS(C)(=O)=O)cn1.Nc1ccc(C(=O)O)cn1. The molecule has 52 heavy (non-hydrogen) atoms. The largest absolute Gasteiger partial charge is 0.478 e. The fourth-order valence-corrected chi connectivity index (χ4v) is 3.73. The van der Waals surface area contributed by atoms with Gasteiger partial charge in [0.25, 0.3) is 10.1 Å². The fraction of sp³-hybridized carbons (Fsp3) is 0.278. The highest BCUT2D eigenvalue weighted by atomic mass is 32.2. The quantitative estimate of drug-likeness (QED) is 0.115. The number of rotatable bonds is 9.